The molecule has 0 aromatic heterocycles. The number of halogens is 4. The van der Waals surface area contributed by atoms with Crippen molar-refractivity contribution < 1.29 is 27.1 Å². The number of carbonyl (C=O) groups is 1. The number of ether oxygens (including phenoxy) is 1. The monoisotopic (exact) mass is 278 g/mol. The van der Waals surface area contributed by atoms with Crippen molar-refractivity contribution in [1.82, 2.24) is 5.32 Å². The minimum absolute atomic E-state index is 0.188. The lowest BCUT2D eigenvalue weighted by atomic mass is 10.2. The fraction of sp³-hybridized carbons (Fsp3) is 0.364. The van der Waals surface area contributed by atoms with Gasteiger partial charge in [-0.15, -0.1) is 0 Å². The highest BCUT2D eigenvalue weighted by Crippen LogP contribution is 2.25. The Hall–Kier alpha value is -1.83. The summed E-state index contributed by atoms with van der Waals surface area (Å²) in [4.78, 5) is 11.3. The van der Waals surface area contributed by atoms with Crippen LogP contribution in [-0.2, 0) is 4.74 Å². The molecule has 0 saturated carbocycles. The summed E-state index contributed by atoms with van der Waals surface area (Å²) in [7, 11) is 0. The van der Waals surface area contributed by atoms with Crippen molar-refractivity contribution in [3.05, 3.63) is 29.8 Å². The van der Waals surface area contributed by atoms with E-state index in [1.54, 1.807) is 0 Å². The molecule has 1 fully saturated rings. The molecule has 1 aromatic carbocycles. The second kappa shape index (κ2) is 5.04. The van der Waals surface area contributed by atoms with Crippen molar-refractivity contribution in [3.63, 3.8) is 0 Å². The molecule has 1 amide bonds. The van der Waals surface area contributed by atoms with E-state index in [0.717, 1.165) is 12.1 Å². The first-order chi connectivity index (χ1) is 8.88. The quantitative estimate of drug-likeness (QED) is 0.815. The van der Waals surface area contributed by atoms with Gasteiger partial charge < -0.3 is 10.1 Å². The number of nitrogens with one attached hydrogen (secondary N) is 2. The fourth-order valence-electron chi connectivity index (χ4n) is 1.62. The molecule has 0 radical (unpaired) electrons. The Kier molecular flexibility index (Phi) is 3.61. The van der Waals surface area contributed by atoms with Gasteiger partial charge >= 0.3 is 6.09 Å². The minimum Gasteiger partial charge on any atom is -0.438 e. The molecule has 1 heterocycles. The second-order valence-corrected chi connectivity index (χ2v) is 4.04. The van der Waals surface area contributed by atoms with Gasteiger partial charge in [0, 0.05) is 12.6 Å². The average molecular weight is 278 g/mol. The number of carbonyl (C=O) groups excluding carboxylic acids is 1. The molecule has 19 heavy (non-hydrogen) atoms. The van der Waals surface area contributed by atoms with Crippen molar-refractivity contribution in [1.29, 1.82) is 0 Å². The molecule has 1 atom stereocenters. The van der Waals surface area contributed by atoms with Crippen LogP contribution < -0.4 is 10.6 Å². The average Bonchev–Trinajstić information content (AvgIpc) is 2.62. The summed E-state index contributed by atoms with van der Waals surface area (Å²) in [5.74, 6) is -5.00. The highest BCUT2D eigenvalue weighted by Gasteiger charge is 2.46. The van der Waals surface area contributed by atoms with Crippen LogP contribution in [0.2, 0.25) is 0 Å². The summed E-state index contributed by atoms with van der Waals surface area (Å²) in [6, 6.07) is 2.45. The number of rotatable bonds is 2. The highest BCUT2D eigenvalue weighted by atomic mass is 19.3. The van der Waals surface area contributed by atoms with Crippen LogP contribution in [0.4, 0.5) is 28.0 Å². The van der Waals surface area contributed by atoms with Gasteiger partial charge in [-0.1, -0.05) is 0 Å². The first kappa shape index (κ1) is 13.6. The van der Waals surface area contributed by atoms with Gasteiger partial charge in [0.15, 0.2) is 6.10 Å². The number of amides is 1. The lowest BCUT2D eigenvalue weighted by molar-refractivity contribution is -0.0738. The van der Waals surface area contributed by atoms with Crippen molar-refractivity contribution >= 4 is 11.8 Å². The Morgan fingerprint density at radius 2 is 2.16 bits per heavy atom. The van der Waals surface area contributed by atoms with Gasteiger partial charge in [0.2, 0.25) is 0 Å². The summed E-state index contributed by atoms with van der Waals surface area (Å²) in [5.41, 5.74) is -0.347. The van der Waals surface area contributed by atoms with E-state index in [4.69, 9.17) is 0 Å². The van der Waals surface area contributed by atoms with Crippen LogP contribution in [0.5, 0.6) is 0 Å². The first-order valence-electron chi connectivity index (χ1n) is 5.40. The molecule has 0 bridgehead atoms. The standard InChI is InChI=1S/C11H10F4N2O2/c12-6-1-2-8(7(13)3-6)17-10(18)19-9-4-16-5-11(9,14)15/h1-3,9,16H,4-5H2,(H,17,18)/t9-/m0/s1. The predicted octanol–water partition coefficient (Wildman–Crippen LogP) is 2.12. The van der Waals surface area contributed by atoms with E-state index >= 15 is 0 Å². The van der Waals surface area contributed by atoms with Crippen molar-refractivity contribution in [2.24, 2.45) is 0 Å². The number of anilines is 1. The topological polar surface area (TPSA) is 50.4 Å². The van der Waals surface area contributed by atoms with Crippen molar-refractivity contribution in [2.45, 2.75) is 12.0 Å². The third-order valence-electron chi connectivity index (χ3n) is 2.58. The van der Waals surface area contributed by atoms with E-state index in [0.29, 0.717) is 6.07 Å². The molecule has 0 aliphatic carbocycles. The highest BCUT2D eigenvalue weighted by molar-refractivity contribution is 5.84. The van der Waals surface area contributed by atoms with Crippen LogP contribution in [0.1, 0.15) is 0 Å². The van der Waals surface area contributed by atoms with Gasteiger partial charge in [0.25, 0.3) is 5.92 Å². The molecule has 8 heteroatoms. The Labute approximate surface area is 105 Å². The second-order valence-electron chi connectivity index (χ2n) is 4.04. The Morgan fingerprint density at radius 1 is 1.42 bits per heavy atom. The van der Waals surface area contributed by atoms with Crippen LogP contribution >= 0.6 is 0 Å². The third kappa shape index (κ3) is 3.14. The predicted molar refractivity (Wildman–Crippen MR) is 58.1 cm³/mol. The van der Waals surface area contributed by atoms with Crippen LogP contribution in [0.25, 0.3) is 0 Å². The molecular formula is C11H10F4N2O2. The zero-order valence-electron chi connectivity index (χ0n) is 9.55. The Morgan fingerprint density at radius 3 is 2.74 bits per heavy atom. The summed E-state index contributed by atoms with van der Waals surface area (Å²) in [6.45, 7) is -0.776. The Bertz CT molecular complexity index is 496. The van der Waals surface area contributed by atoms with Gasteiger partial charge in [-0.05, 0) is 12.1 Å². The number of alkyl halides is 2. The molecule has 1 saturated heterocycles. The van der Waals surface area contributed by atoms with E-state index in [1.807, 2.05) is 5.32 Å². The molecule has 4 nitrogen and oxygen atoms in total. The van der Waals surface area contributed by atoms with E-state index in [-0.39, 0.29) is 12.2 Å². The zero-order chi connectivity index (χ0) is 14.0. The van der Waals surface area contributed by atoms with Gasteiger partial charge in [-0.3, -0.25) is 5.32 Å². The van der Waals surface area contributed by atoms with E-state index < -0.39 is 36.3 Å². The van der Waals surface area contributed by atoms with Crippen LogP contribution in [0.15, 0.2) is 18.2 Å². The molecule has 1 aliphatic rings. The number of benzene rings is 1. The van der Waals surface area contributed by atoms with E-state index in [2.05, 4.69) is 10.1 Å². The van der Waals surface area contributed by atoms with Crippen LogP contribution in [0.3, 0.4) is 0 Å². The molecule has 0 spiro atoms. The molecule has 1 aliphatic heterocycles. The molecular weight excluding hydrogens is 268 g/mol. The molecule has 2 N–H and O–H groups in total. The molecule has 104 valence electrons. The van der Waals surface area contributed by atoms with Gasteiger partial charge in [-0.25, -0.2) is 22.4 Å². The Balaban J connectivity index is 1.98. The largest absolute Gasteiger partial charge is 0.438 e. The van der Waals surface area contributed by atoms with Crippen LogP contribution in [0, 0.1) is 11.6 Å². The maximum atomic E-state index is 13.2. The number of hydrogen-bond acceptors (Lipinski definition) is 3. The SMILES string of the molecule is O=C(Nc1ccc(F)cc1F)O[C@H]1CNCC1(F)F. The van der Waals surface area contributed by atoms with Crippen molar-refractivity contribution in [3.8, 4) is 0 Å². The summed E-state index contributed by atoms with van der Waals surface area (Å²) in [5, 5.41) is 4.31. The van der Waals surface area contributed by atoms with E-state index in [9.17, 15) is 22.4 Å². The lowest BCUT2D eigenvalue weighted by Gasteiger charge is -2.18. The van der Waals surface area contributed by atoms with Crippen molar-refractivity contribution in [2.75, 3.05) is 18.4 Å². The maximum absolute atomic E-state index is 13.2. The van der Waals surface area contributed by atoms with Gasteiger partial charge in [0.1, 0.15) is 11.6 Å². The maximum Gasteiger partial charge on any atom is 0.412 e. The fourth-order valence-corrected chi connectivity index (χ4v) is 1.62. The normalized spacial score (nSPS) is 21.2. The summed E-state index contributed by atoms with van der Waals surface area (Å²) >= 11 is 0. The van der Waals surface area contributed by atoms with Gasteiger partial charge in [0.05, 0.1) is 12.2 Å². The summed E-state index contributed by atoms with van der Waals surface area (Å²) in [6.07, 6.45) is -2.84. The molecule has 0 unspecified atom stereocenters. The van der Waals surface area contributed by atoms with Gasteiger partial charge in [-0.2, -0.15) is 0 Å². The zero-order valence-corrected chi connectivity index (χ0v) is 9.55. The first-order valence-corrected chi connectivity index (χ1v) is 5.40. The lowest BCUT2D eigenvalue weighted by Crippen LogP contribution is -2.37. The van der Waals surface area contributed by atoms with Crippen LogP contribution in [-0.4, -0.2) is 31.2 Å². The van der Waals surface area contributed by atoms with E-state index in [1.165, 1.54) is 0 Å². The minimum atomic E-state index is -3.17. The third-order valence-corrected chi connectivity index (χ3v) is 2.58. The molecule has 2 rings (SSSR count). The summed E-state index contributed by atoms with van der Waals surface area (Å²) < 4.78 is 56.6. The smallest absolute Gasteiger partial charge is 0.412 e. The molecule has 1 aromatic rings. The number of hydrogen-bond donors (Lipinski definition) is 2.